The van der Waals surface area contributed by atoms with Gasteiger partial charge in [-0.05, 0) is 31.0 Å². The fraction of sp³-hybridized carbons (Fsp3) is 0.500. The van der Waals surface area contributed by atoms with Crippen LogP contribution in [0.5, 0.6) is 0 Å². The zero-order valence-electron chi connectivity index (χ0n) is 12.8. The van der Waals surface area contributed by atoms with Gasteiger partial charge in [0.25, 0.3) is 5.91 Å². The second kappa shape index (κ2) is 8.35. The second-order valence-electron chi connectivity index (χ2n) is 4.50. The number of amides is 1. The van der Waals surface area contributed by atoms with Crippen molar-refractivity contribution < 1.29 is 9.63 Å². The molecule has 1 unspecified atom stereocenters. The van der Waals surface area contributed by atoms with E-state index < -0.39 is 0 Å². The fourth-order valence-electron chi connectivity index (χ4n) is 1.86. The molecule has 0 saturated carbocycles. The van der Waals surface area contributed by atoms with E-state index in [0.717, 1.165) is 24.1 Å². The minimum Gasteiger partial charge on any atom is -0.387 e. The van der Waals surface area contributed by atoms with Gasteiger partial charge in [0.1, 0.15) is 0 Å². The maximum Gasteiger partial charge on any atom is 0.251 e. The Morgan fingerprint density at radius 1 is 1.35 bits per heavy atom. The highest BCUT2D eigenvalue weighted by molar-refractivity contribution is 5.94. The van der Waals surface area contributed by atoms with Gasteiger partial charge >= 0.3 is 0 Å². The van der Waals surface area contributed by atoms with Crippen LogP contribution in [0.25, 0.3) is 0 Å². The molecule has 0 aromatic heterocycles. The van der Waals surface area contributed by atoms with E-state index in [0.29, 0.717) is 12.1 Å². The van der Waals surface area contributed by atoms with Crippen LogP contribution in [0.3, 0.4) is 0 Å². The Morgan fingerprint density at radius 3 is 2.50 bits per heavy atom. The van der Waals surface area contributed by atoms with Crippen molar-refractivity contribution in [2.45, 2.75) is 46.6 Å². The molecule has 0 aliphatic carbocycles. The van der Waals surface area contributed by atoms with E-state index in [1.54, 1.807) is 0 Å². The first-order valence-electron chi connectivity index (χ1n) is 7.28. The second-order valence-corrected chi connectivity index (χ2v) is 4.50. The smallest absolute Gasteiger partial charge is 0.251 e. The van der Waals surface area contributed by atoms with Crippen molar-refractivity contribution in [3.05, 3.63) is 35.4 Å². The van der Waals surface area contributed by atoms with Crippen LogP contribution in [0.2, 0.25) is 0 Å². The van der Waals surface area contributed by atoms with Crippen LogP contribution in [0, 0.1) is 0 Å². The molecule has 0 bridgehead atoms. The van der Waals surface area contributed by atoms with Crippen molar-refractivity contribution >= 4 is 11.6 Å². The Kier molecular flexibility index (Phi) is 6.77. The number of benzene rings is 1. The van der Waals surface area contributed by atoms with Gasteiger partial charge < -0.3 is 10.2 Å². The highest BCUT2D eigenvalue weighted by Gasteiger charge is 2.20. The number of carbonyl (C=O) groups is 1. The number of oxime groups is 1. The quantitative estimate of drug-likeness (QED) is 0.911. The van der Waals surface area contributed by atoms with E-state index in [9.17, 15) is 4.79 Å². The summed E-state index contributed by atoms with van der Waals surface area (Å²) in [5.74, 6) is -0.0248. The summed E-state index contributed by atoms with van der Waals surface area (Å²) in [6.45, 7) is 8.69. The van der Waals surface area contributed by atoms with Crippen molar-refractivity contribution in [1.82, 2.24) is 5.32 Å². The van der Waals surface area contributed by atoms with Gasteiger partial charge in [0.05, 0.1) is 5.71 Å². The SMILES string of the molecule is CC.CCCNC(=O)c1ccc(C2CC(C)=NO2)cc1. The van der Waals surface area contributed by atoms with Gasteiger partial charge in [0.15, 0.2) is 6.10 Å². The van der Waals surface area contributed by atoms with E-state index in [2.05, 4.69) is 10.5 Å². The van der Waals surface area contributed by atoms with E-state index in [4.69, 9.17) is 4.84 Å². The van der Waals surface area contributed by atoms with Crippen LogP contribution < -0.4 is 5.32 Å². The average Bonchev–Trinajstić information content (AvgIpc) is 2.93. The molecular weight excluding hydrogens is 252 g/mol. The van der Waals surface area contributed by atoms with Crippen LogP contribution in [-0.2, 0) is 4.84 Å². The number of nitrogens with zero attached hydrogens (tertiary/aromatic N) is 1. The predicted molar refractivity (Wildman–Crippen MR) is 82.0 cm³/mol. The summed E-state index contributed by atoms with van der Waals surface area (Å²) in [5.41, 5.74) is 2.75. The third kappa shape index (κ3) is 4.37. The molecule has 2 rings (SSSR count). The van der Waals surface area contributed by atoms with E-state index in [1.807, 2.05) is 52.0 Å². The fourth-order valence-corrected chi connectivity index (χ4v) is 1.86. The normalized spacial score (nSPS) is 16.6. The number of rotatable bonds is 4. The summed E-state index contributed by atoms with van der Waals surface area (Å²) in [7, 11) is 0. The van der Waals surface area contributed by atoms with Gasteiger partial charge in [0, 0.05) is 18.5 Å². The molecule has 1 amide bonds. The molecule has 0 spiro atoms. The first-order chi connectivity index (χ1) is 9.70. The zero-order valence-corrected chi connectivity index (χ0v) is 12.8. The van der Waals surface area contributed by atoms with Crippen LogP contribution in [0.1, 0.15) is 62.6 Å². The van der Waals surface area contributed by atoms with Crippen LogP contribution in [0.15, 0.2) is 29.4 Å². The highest BCUT2D eigenvalue weighted by Crippen LogP contribution is 2.27. The molecule has 0 saturated heterocycles. The van der Waals surface area contributed by atoms with Crippen molar-refractivity contribution in [3.8, 4) is 0 Å². The summed E-state index contributed by atoms with van der Waals surface area (Å²) in [5, 5.41) is 6.78. The first kappa shape index (κ1) is 16.2. The number of hydrogen-bond acceptors (Lipinski definition) is 3. The minimum absolute atomic E-state index is 0.00208. The summed E-state index contributed by atoms with van der Waals surface area (Å²) >= 11 is 0. The molecular formula is C16H24N2O2. The topological polar surface area (TPSA) is 50.7 Å². The van der Waals surface area contributed by atoms with Crippen LogP contribution in [-0.4, -0.2) is 18.2 Å². The zero-order chi connectivity index (χ0) is 15.0. The van der Waals surface area contributed by atoms with Gasteiger partial charge in [0.2, 0.25) is 0 Å². The lowest BCUT2D eigenvalue weighted by Gasteiger charge is -2.09. The monoisotopic (exact) mass is 276 g/mol. The number of carbonyl (C=O) groups excluding carboxylic acids is 1. The van der Waals surface area contributed by atoms with E-state index in [1.165, 1.54) is 0 Å². The summed E-state index contributed by atoms with van der Waals surface area (Å²) < 4.78 is 0. The lowest BCUT2D eigenvalue weighted by molar-refractivity contribution is 0.0856. The molecule has 1 heterocycles. The Labute approximate surface area is 121 Å². The highest BCUT2D eigenvalue weighted by atomic mass is 16.6. The molecule has 4 nitrogen and oxygen atoms in total. The molecule has 1 aliphatic rings. The molecule has 0 radical (unpaired) electrons. The lowest BCUT2D eigenvalue weighted by atomic mass is 10.0. The maximum absolute atomic E-state index is 11.7. The maximum atomic E-state index is 11.7. The molecule has 1 aromatic rings. The van der Waals surface area contributed by atoms with Gasteiger partial charge in [-0.15, -0.1) is 0 Å². The standard InChI is InChI=1S/C14H18N2O2.C2H6/c1-3-8-15-14(17)12-6-4-11(5-7-12)13-9-10(2)16-18-13;1-2/h4-7,13H,3,8-9H2,1-2H3,(H,15,17);1-2H3. The van der Waals surface area contributed by atoms with E-state index >= 15 is 0 Å². The van der Waals surface area contributed by atoms with Crippen LogP contribution in [0.4, 0.5) is 0 Å². The summed E-state index contributed by atoms with van der Waals surface area (Å²) in [4.78, 5) is 17.0. The number of hydrogen-bond donors (Lipinski definition) is 1. The third-order valence-electron chi connectivity index (χ3n) is 2.90. The van der Waals surface area contributed by atoms with Crippen molar-refractivity contribution in [3.63, 3.8) is 0 Å². The molecule has 0 fully saturated rings. The Bertz CT molecular complexity index is 452. The molecule has 4 heteroatoms. The van der Waals surface area contributed by atoms with Gasteiger partial charge in [-0.25, -0.2) is 0 Å². The van der Waals surface area contributed by atoms with Crippen molar-refractivity contribution in [2.75, 3.05) is 6.54 Å². The third-order valence-corrected chi connectivity index (χ3v) is 2.90. The summed E-state index contributed by atoms with van der Waals surface area (Å²) in [6, 6.07) is 7.52. The largest absolute Gasteiger partial charge is 0.387 e. The molecule has 20 heavy (non-hydrogen) atoms. The predicted octanol–water partition coefficient (Wildman–Crippen LogP) is 3.69. The van der Waals surface area contributed by atoms with Gasteiger partial charge in [-0.2, -0.15) is 0 Å². The molecule has 1 atom stereocenters. The van der Waals surface area contributed by atoms with Crippen LogP contribution >= 0.6 is 0 Å². The minimum atomic E-state index is -0.0248. The Morgan fingerprint density at radius 2 is 2.00 bits per heavy atom. The van der Waals surface area contributed by atoms with E-state index in [-0.39, 0.29) is 12.0 Å². The molecule has 1 N–H and O–H groups in total. The Hall–Kier alpha value is -1.84. The average molecular weight is 276 g/mol. The van der Waals surface area contributed by atoms with Gasteiger partial charge in [-0.3, -0.25) is 4.79 Å². The number of nitrogens with one attached hydrogen (secondary N) is 1. The van der Waals surface area contributed by atoms with Crippen molar-refractivity contribution in [1.29, 1.82) is 0 Å². The molecule has 1 aliphatic heterocycles. The molecule has 1 aromatic carbocycles. The van der Waals surface area contributed by atoms with Crippen molar-refractivity contribution in [2.24, 2.45) is 5.16 Å². The lowest BCUT2D eigenvalue weighted by Crippen LogP contribution is -2.23. The first-order valence-corrected chi connectivity index (χ1v) is 7.28. The Balaban J connectivity index is 0.000000956. The van der Waals surface area contributed by atoms with Gasteiger partial charge in [-0.1, -0.05) is 38.1 Å². The molecule has 110 valence electrons. The summed E-state index contributed by atoms with van der Waals surface area (Å²) in [6.07, 6.45) is 1.76.